The Kier molecular flexibility index (Phi) is 4.77. The van der Waals surface area contributed by atoms with Gasteiger partial charge in [0.25, 0.3) is 0 Å². The Bertz CT molecular complexity index is 297. The van der Waals surface area contributed by atoms with E-state index in [4.69, 9.17) is 5.73 Å². The largest absolute Gasteiger partial charge is 0.391 e. The Morgan fingerprint density at radius 3 is 2.27 bits per heavy atom. The summed E-state index contributed by atoms with van der Waals surface area (Å²) in [6.07, 6.45) is 0.267. The quantitative estimate of drug-likeness (QED) is 0.885. The molecule has 0 unspecified atom stereocenters. The van der Waals surface area contributed by atoms with E-state index in [9.17, 15) is 5.11 Å². The fraction of sp³-hybridized carbons (Fsp3) is 0.500. The molecule has 0 amide bonds. The van der Waals surface area contributed by atoms with Gasteiger partial charge < -0.3 is 10.8 Å². The normalized spacial score (nSPS) is 15.3. The summed E-state index contributed by atoms with van der Waals surface area (Å²) in [7, 11) is 0. The lowest BCUT2D eigenvalue weighted by molar-refractivity contribution is 0.121. The molecule has 2 atom stereocenters. The molecule has 0 fully saturated rings. The summed E-state index contributed by atoms with van der Waals surface area (Å²) in [6, 6.07) is 7.48. The van der Waals surface area contributed by atoms with Gasteiger partial charge in [-0.1, -0.05) is 41.9 Å². The molecule has 0 saturated carbocycles. The maximum absolute atomic E-state index is 9.87. The average molecular weight is 272 g/mol. The predicted octanol–water partition coefficient (Wildman–Crippen LogP) is 2.86. The zero-order valence-electron chi connectivity index (χ0n) is 9.15. The highest BCUT2D eigenvalue weighted by Gasteiger charge is 2.17. The van der Waals surface area contributed by atoms with Crippen molar-refractivity contribution in [2.45, 2.75) is 32.4 Å². The van der Waals surface area contributed by atoms with Crippen LogP contribution in [-0.4, -0.2) is 11.2 Å². The van der Waals surface area contributed by atoms with Gasteiger partial charge in [0.05, 0.1) is 12.1 Å². The van der Waals surface area contributed by atoms with E-state index in [0.29, 0.717) is 5.92 Å². The van der Waals surface area contributed by atoms with Crippen molar-refractivity contribution < 1.29 is 5.11 Å². The van der Waals surface area contributed by atoms with Crippen molar-refractivity contribution in [1.82, 2.24) is 0 Å². The lowest BCUT2D eigenvalue weighted by Gasteiger charge is -2.20. The first-order chi connectivity index (χ1) is 7.00. The third-order valence-electron chi connectivity index (χ3n) is 2.38. The van der Waals surface area contributed by atoms with Crippen LogP contribution in [0.3, 0.4) is 0 Å². The minimum atomic E-state index is -0.467. The molecule has 3 N–H and O–H groups in total. The second-order valence-electron chi connectivity index (χ2n) is 4.27. The summed E-state index contributed by atoms with van der Waals surface area (Å²) in [4.78, 5) is 0. The van der Waals surface area contributed by atoms with Crippen molar-refractivity contribution >= 4 is 15.9 Å². The molecule has 0 aliphatic carbocycles. The minimum Gasteiger partial charge on any atom is -0.391 e. The second-order valence-corrected chi connectivity index (χ2v) is 5.19. The molecular formula is C12H18BrNO. The number of halogens is 1. The van der Waals surface area contributed by atoms with Crippen LogP contribution in [0.25, 0.3) is 0 Å². The first-order valence-corrected chi connectivity index (χ1v) is 5.99. The maximum Gasteiger partial charge on any atom is 0.0735 e. The average Bonchev–Trinajstić information content (AvgIpc) is 2.17. The van der Waals surface area contributed by atoms with Crippen molar-refractivity contribution in [2.75, 3.05) is 0 Å². The third kappa shape index (κ3) is 3.93. The fourth-order valence-corrected chi connectivity index (χ4v) is 1.80. The van der Waals surface area contributed by atoms with E-state index in [1.165, 1.54) is 0 Å². The lowest BCUT2D eigenvalue weighted by atomic mass is 9.95. The number of benzene rings is 1. The van der Waals surface area contributed by atoms with Gasteiger partial charge in [0, 0.05) is 4.47 Å². The van der Waals surface area contributed by atoms with Gasteiger partial charge in [-0.05, 0) is 30.0 Å². The van der Waals surface area contributed by atoms with Gasteiger partial charge in [-0.25, -0.2) is 0 Å². The van der Waals surface area contributed by atoms with Crippen LogP contribution in [0, 0.1) is 5.92 Å². The van der Waals surface area contributed by atoms with E-state index >= 15 is 0 Å². The molecular weight excluding hydrogens is 254 g/mol. The molecule has 1 aromatic carbocycles. The first kappa shape index (κ1) is 12.7. The van der Waals surface area contributed by atoms with Crippen LogP contribution in [0.15, 0.2) is 28.7 Å². The van der Waals surface area contributed by atoms with Crippen LogP contribution < -0.4 is 5.73 Å². The number of aliphatic hydroxyl groups excluding tert-OH is 1. The molecule has 0 radical (unpaired) electrons. The van der Waals surface area contributed by atoms with Gasteiger partial charge >= 0.3 is 0 Å². The maximum atomic E-state index is 9.87. The van der Waals surface area contributed by atoms with Gasteiger partial charge in [-0.3, -0.25) is 0 Å². The first-order valence-electron chi connectivity index (χ1n) is 5.20. The van der Waals surface area contributed by atoms with Crippen molar-refractivity contribution in [2.24, 2.45) is 11.7 Å². The highest BCUT2D eigenvalue weighted by Crippen LogP contribution is 2.21. The van der Waals surface area contributed by atoms with Gasteiger partial charge in [0.2, 0.25) is 0 Å². The SMILES string of the molecule is CC(C)C[C@H](O)[C@H](N)c1ccc(Br)cc1. The topological polar surface area (TPSA) is 46.2 Å². The van der Waals surface area contributed by atoms with Gasteiger partial charge in [-0.15, -0.1) is 0 Å². The van der Waals surface area contributed by atoms with E-state index in [0.717, 1.165) is 16.5 Å². The summed E-state index contributed by atoms with van der Waals surface area (Å²) in [5.41, 5.74) is 6.95. The third-order valence-corrected chi connectivity index (χ3v) is 2.91. The molecule has 0 bridgehead atoms. The molecule has 0 spiro atoms. The number of aliphatic hydroxyl groups is 1. The Morgan fingerprint density at radius 2 is 1.80 bits per heavy atom. The van der Waals surface area contributed by atoms with E-state index < -0.39 is 6.10 Å². The predicted molar refractivity (Wildman–Crippen MR) is 66.5 cm³/mol. The second kappa shape index (κ2) is 5.64. The van der Waals surface area contributed by atoms with Gasteiger partial charge in [0.1, 0.15) is 0 Å². The van der Waals surface area contributed by atoms with Crippen LogP contribution in [0.4, 0.5) is 0 Å². The van der Waals surface area contributed by atoms with Crippen LogP contribution in [0.5, 0.6) is 0 Å². The lowest BCUT2D eigenvalue weighted by Crippen LogP contribution is -2.27. The summed E-state index contributed by atoms with van der Waals surface area (Å²) in [5, 5.41) is 9.87. The number of hydrogen-bond acceptors (Lipinski definition) is 2. The fourth-order valence-electron chi connectivity index (χ4n) is 1.54. The molecule has 3 heteroatoms. The monoisotopic (exact) mass is 271 g/mol. The Labute approximate surface area is 99.6 Å². The molecule has 0 aromatic heterocycles. The van der Waals surface area contributed by atoms with E-state index in [2.05, 4.69) is 29.8 Å². The zero-order valence-corrected chi connectivity index (χ0v) is 10.7. The molecule has 0 aliphatic heterocycles. The van der Waals surface area contributed by atoms with Gasteiger partial charge in [0.15, 0.2) is 0 Å². The van der Waals surface area contributed by atoms with Crippen LogP contribution in [0.1, 0.15) is 31.9 Å². The Morgan fingerprint density at radius 1 is 1.27 bits per heavy atom. The zero-order chi connectivity index (χ0) is 11.4. The number of nitrogens with two attached hydrogens (primary N) is 1. The van der Waals surface area contributed by atoms with Crippen molar-refractivity contribution in [3.8, 4) is 0 Å². The molecule has 0 saturated heterocycles. The Hall–Kier alpha value is -0.380. The van der Waals surface area contributed by atoms with Gasteiger partial charge in [-0.2, -0.15) is 0 Å². The molecule has 1 rings (SSSR count). The number of hydrogen-bond donors (Lipinski definition) is 2. The van der Waals surface area contributed by atoms with E-state index in [1.807, 2.05) is 24.3 Å². The molecule has 2 nitrogen and oxygen atoms in total. The molecule has 0 heterocycles. The molecule has 15 heavy (non-hydrogen) atoms. The summed E-state index contributed by atoms with van der Waals surface area (Å²) in [6.45, 7) is 4.16. The molecule has 0 aliphatic rings. The van der Waals surface area contributed by atoms with Crippen LogP contribution in [0.2, 0.25) is 0 Å². The summed E-state index contributed by atoms with van der Waals surface area (Å²) in [5.74, 6) is 0.460. The number of rotatable bonds is 4. The van der Waals surface area contributed by atoms with E-state index in [-0.39, 0.29) is 6.04 Å². The summed E-state index contributed by atoms with van der Waals surface area (Å²) < 4.78 is 1.02. The van der Waals surface area contributed by atoms with Crippen molar-refractivity contribution in [3.05, 3.63) is 34.3 Å². The highest BCUT2D eigenvalue weighted by atomic mass is 79.9. The van der Waals surface area contributed by atoms with E-state index in [1.54, 1.807) is 0 Å². The molecule has 84 valence electrons. The van der Waals surface area contributed by atoms with Crippen LogP contribution >= 0.6 is 15.9 Å². The smallest absolute Gasteiger partial charge is 0.0735 e. The minimum absolute atomic E-state index is 0.291. The summed E-state index contributed by atoms with van der Waals surface area (Å²) >= 11 is 3.37. The molecule has 1 aromatic rings. The standard InChI is InChI=1S/C12H18BrNO/c1-8(2)7-11(15)12(14)9-3-5-10(13)6-4-9/h3-6,8,11-12,15H,7,14H2,1-2H3/t11-,12+/m0/s1. The van der Waals surface area contributed by atoms with Crippen LogP contribution in [-0.2, 0) is 0 Å². The van der Waals surface area contributed by atoms with Crippen molar-refractivity contribution in [3.63, 3.8) is 0 Å². The Balaban J connectivity index is 2.67. The van der Waals surface area contributed by atoms with Crippen molar-refractivity contribution in [1.29, 1.82) is 0 Å². The highest BCUT2D eigenvalue weighted by molar-refractivity contribution is 9.10.